The summed E-state index contributed by atoms with van der Waals surface area (Å²) in [5, 5.41) is 6.02. The van der Waals surface area contributed by atoms with Gasteiger partial charge in [-0.3, -0.25) is 4.79 Å². The van der Waals surface area contributed by atoms with Gasteiger partial charge in [-0.15, -0.1) is 0 Å². The van der Waals surface area contributed by atoms with Gasteiger partial charge in [-0.25, -0.2) is 9.97 Å². The molecule has 0 aromatic carbocycles. The maximum absolute atomic E-state index is 11.8. The highest BCUT2D eigenvalue weighted by atomic mass is 16.1. The van der Waals surface area contributed by atoms with E-state index in [9.17, 15) is 4.79 Å². The molecule has 0 spiro atoms. The van der Waals surface area contributed by atoms with Crippen LogP contribution in [0.15, 0.2) is 6.07 Å². The minimum absolute atomic E-state index is 0.129. The summed E-state index contributed by atoms with van der Waals surface area (Å²) in [4.78, 5) is 20.3. The highest BCUT2D eigenvalue weighted by Gasteiger charge is 2.22. The SMILES string of the molecule is CCCNC(=O)c1cc(C)nc(NC2CC2)n1. The summed E-state index contributed by atoms with van der Waals surface area (Å²) < 4.78 is 0. The molecule has 2 N–H and O–H groups in total. The average Bonchev–Trinajstić information content (AvgIpc) is 3.09. The molecule has 2 rings (SSSR count). The van der Waals surface area contributed by atoms with Crippen molar-refractivity contribution in [1.29, 1.82) is 0 Å². The van der Waals surface area contributed by atoms with Crippen molar-refractivity contribution in [1.82, 2.24) is 15.3 Å². The van der Waals surface area contributed by atoms with E-state index >= 15 is 0 Å². The zero-order valence-corrected chi connectivity index (χ0v) is 10.3. The molecule has 0 bridgehead atoms. The van der Waals surface area contributed by atoms with Gasteiger partial charge in [0.25, 0.3) is 5.91 Å². The van der Waals surface area contributed by atoms with Crippen molar-refractivity contribution in [2.75, 3.05) is 11.9 Å². The van der Waals surface area contributed by atoms with E-state index < -0.39 is 0 Å². The Morgan fingerprint density at radius 1 is 1.47 bits per heavy atom. The standard InChI is InChI=1S/C12H18N4O/c1-3-6-13-11(17)10-7-8(2)14-12(16-10)15-9-4-5-9/h7,9H,3-6H2,1-2H3,(H,13,17)(H,14,15,16). The second-order valence-corrected chi connectivity index (χ2v) is 4.39. The molecule has 5 nitrogen and oxygen atoms in total. The van der Waals surface area contributed by atoms with Gasteiger partial charge < -0.3 is 10.6 Å². The minimum Gasteiger partial charge on any atom is -0.351 e. The monoisotopic (exact) mass is 234 g/mol. The molecular weight excluding hydrogens is 216 g/mol. The van der Waals surface area contributed by atoms with Crippen LogP contribution >= 0.6 is 0 Å². The van der Waals surface area contributed by atoms with Crippen LogP contribution in [-0.2, 0) is 0 Å². The Bertz CT molecular complexity index is 415. The third-order valence-corrected chi connectivity index (χ3v) is 2.53. The lowest BCUT2D eigenvalue weighted by Gasteiger charge is -2.07. The molecular formula is C12H18N4O. The van der Waals surface area contributed by atoms with Crippen molar-refractivity contribution in [3.8, 4) is 0 Å². The van der Waals surface area contributed by atoms with E-state index in [-0.39, 0.29) is 5.91 Å². The van der Waals surface area contributed by atoms with E-state index in [0.29, 0.717) is 24.2 Å². The predicted molar refractivity (Wildman–Crippen MR) is 66.0 cm³/mol. The number of hydrogen-bond donors (Lipinski definition) is 2. The molecule has 1 fully saturated rings. The summed E-state index contributed by atoms with van der Waals surface area (Å²) in [6.45, 7) is 4.56. The highest BCUT2D eigenvalue weighted by Crippen LogP contribution is 2.23. The zero-order chi connectivity index (χ0) is 12.3. The second-order valence-electron chi connectivity index (χ2n) is 4.39. The van der Waals surface area contributed by atoms with Gasteiger partial charge in [-0.05, 0) is 32.3 Å². The van der Waals surface area contributed by atoms with E-state index in [4.69, 9.17) is 0 Å². The Balaban J connectivity index is 2.09. The fraction of sp³-hybridized carbons (Fsp3) is 0.583. The number of rotatable bonds is 5. The van der Waals surface area contributed by atoms with Crippen LogP contribution in [0.1, 0.15) is 42.4 Å². The molecule has 0 radical (unpaired) electrons. The third kappa shape index (κ3) is 3.41. The maximum atomic E-state index is 11.8. The number of anilines is 1. The van der Waals surface area contributed by atoms with Gasteiger partial charge in [0, 0.05) is 18.3 Å². The average molecular weight is 234 g/mol. The molecule has 1 aromatic rings. The lowest BCUT2D eigenvalue weighted by molar-refractivity contribution is 0.0948. The summed E-state index contributed by atoms with van der Waals surface area (Å²) in [5.74, 6) is 0.436. The molecule has 1 amide bonds. The lowest BCUT2D eigenvalue weighted by Crippen LogP contribution is -2.25. The van der Waals surface area contributed by atoms with Crippen molar-refractivity contribution < 1.29 is 4.79 Å². The molecule has 92 valence electrons. The Hall–Kier alpha value is -1.65. The molecule has 0 saturated heterocycles. The topological polar surface area (TPSA) is 66.9 Å². The van der Waals surface area contributed by atoms with Gasteiger partial charge >= 0.3 is 0 Å². The van der Waals surface area contributed by atoms with Crippen molar-refractivity contribution >= 4 is 11.9 Å². The minimum atomic E-state index is -0.129. The van der Waals surface area contributed by atoms with Gasteiger partial charge in [0.05, 0.1) is 0 Å². The fourth-order valence-electron chi connectivity index (χ4n) is 1.49. The predicted octanol–water partition coefficient (Wildman–Crippen LogP) is 1.50. The van der Waals surface area contributed by atoms with Gasteiger partial charge in [-0.1, -0.05) is 6.92 Å². The summed E-state index contributed by atoms with van der Waals surface area (Å²) in [7, 11) is 0. The Kier molecular flexibility index (Phi) is 3.56. The smallest absolute Gasteiger partial charge is 0.270 e. The molecule has 1 heterocycles. The van der Waals surface area contributed by atoms with Crippen LogP contribution in [0.4, 0.5) is 5.95 Å². The number of hydrogen-bond acceptors (Lipinski definition) is 4. The maximum Gasteiger partial charge on any atom is 0.270 e. The molecule has 1 aliphatic rings. The highest BCUT2D eigenvalue weighted by molar-refractivity contribution is 5.92. The van der Waals surface area contributed by atoms with Crippen LogP contribution in [0.2, 0.25) is 0 Å². The van der Waals surface area contributed by atoms with Crippen molar-refractivity contribution in [3.63, 3.8) is 0 Å². The zero-order valence-electron chi connectivity index (χ0n) is 10.3. The summed E-state index contributed by atoms with van der Waals surface area (Å²) in [6, 6.07) is 2.20. The molecule has 1 saturated carbocycles. The van der Waals surface area contributed by atoms with Crippen molar-refractivity contribution in [3.05, 3.63) is 17.5 Å². The summed E-state index contributed by atoms with van der Waals surface area (Å²) >= 11 is 0. The van der Waals surface area contributed by atoms with Crippen molar-refractivity contribution in [2.24, 2.45) is 0 Å². The van der Waals surface area contributed by atoms with E-state index in [2.05, 4.69) is 20.6 Å². The van der Waals surface area contributed by atoms with Crippen molar-refractivity contribution in [2.45, 2.75) is 39.2 Å². The van der Waals surface area contributed by atoms with Gasteiger partial charge in [0.1, 0.15) is 5.69 Å². The normalized spacial score (nSPS) is 14.5. The first kappa shape index (κ1) is 11.8. The van der Waals surface area contributed by atoms with Gasteiger partial charge in [0.15, 0.2) is 0 Å². The van der Waals surface area contributed by atoms with E-state index in [1.807, 2.05) is 13.8 Å². The number of aromatic nitrogens is 2. The number of nitrogens with zero attached hydrogens (tertiary/aromatic N) is 2. The first-order chi connectivity index (χ1) is 8.19. The number of nitrogens with one attached hydrogen (secondary N) is 2. The molecule has 0 atom stereocenters. The molecule has 1 aromatic heterocycles. The number of aryl methyl sites for hydroxylation is 1. The van der Waals surface area contributed by atoms with E-state index in [1.165, 1.54) is 0 Å². The van der Waals surface area contributed by atoms with Crippen LogP contribution in [0.3, 0.4) is 0 Å². The summed E-state index contributed by atoms with van der Waals surface area (Å²) in [5.41, 5.74) is 1.25. The van der Waals surface area contributed by atoms with Gasteiger partial charge in [-0.2, -0.15) is 0 Å². The quantitative estimate of drug-likeness (QED) is 0.810. The van der Waals surface area contributed by atoms with Crippen LogP contribution in [0.25, 0.3) is 0 Å². The molecule has 17 heavy (non-hydrogen) atoms. The van der Waals surface area contributed by atoms with Crippen LogP contribution in [-0.4, -0.2) is 28.5 Å². The molecule has 5 heteroatoms. The molecule has 0 unspecified atom stereocenters. The molecule has 1 aliphatic carbocycles. The summed E-state index contributed by atoms with van der Waals surface area (Å²) in [6.07, 6.45) is 3.24. The Labute approximate surface area is 101 Å². The van der Waals surface area contributed by atoms with E-state index in [0.717, 1.165) is 25.0 Å². The fourth-order valence-corrected chi connectivity index (χ4v) is 1.49. The lowest BCUT2D eigenvalue weighted by atomic mass is 10.3. The largest absolute Gasteiger partial charge is 0.351 e. The molecule has 0 aliphatic heterocycles. The third-order valence-electron chi connectivity index (χ3n) is 2.53. The van der Waals surface area contributed by atoms with Crippen LogP contribution in [0, 0.1) is 6.92 Å². The van der Waals surface area contributed by atoms with Gasteiger partial charge in [0.2, 0.25) is 5.95 Å². The second kappa shape index (κ2) is 5.12. The number of carbonyl (C=O) groups is 1. The van der Waals surface area contributed by atoms with Crippen LogP contribution in [0.5, 0.6) is 0 Å². The Morgan fingerprint density at radius 3 is 2.88 bits per heavy atom. The first-order valence-corrected chi connectivity index (χ1v) is 6.09. The number of carbonyl (C=O) groups excluding carboxylic acids is 1. The Morgan fingerprint density at radius 2 is 2.24 bits per heavy atom. The first-order valence-electron chi connectivity index (χ1n) is 6.09. The van der Waals surface area contributed by atoms with E-state index in [1.54, 1.807) is 6.07 Å². The van der Waals surface area contributed by atoms with Crippen LogP contribution < -0.4 is 10.6 Å². The number of amides is 1.